The predicted molar refractivity (Wildman–Crippen MR) is 71.2 cm³/mol. The SMILES string of the molecule is CC(C)(C)OC(=O)C[C@H]1Cc2ccccc2CN1. The summed E-state index contributed by atoms with van der Waals surface area (Å²) < 4.78 is 5.35. The molecule has 1 N–H and O–H groups in total. The maximum absolute atomic E-state index is 11.8. The molecule has 0 bridgehead atoms. The Labute approximate surface area is 109 Å². The Morgan fingerprint density at radius 1 is 1.33 bits per heavy atom. The number of fused-ring (bicyclic) bond motifs is 1. The monoisotopic (exact) mass is 247 g/mol. The Morgan fingerprint density at radius 3 is 2.67 bits per heavy atom. The molecule has 1 aliphatic rings. The van der Waals surface area contributed by atoms with Crippen LogP contribution in [0.5, 0.6) is 0 Å². The third-order valence-corrected chi connectivity index (χ3v) is 3.00. The van der Waals surface area contributed by atoms with Crippen molar-refractivity contribution in [1.29, 1.82) is 0 Å². The molecule has 0 unspecified atom stereocenters. The van der Waals surface area contributed by atoms with E-state index in [0.29, 0.717) is 6.42 Å². The summed E-state index contributed by atoms with van der Waals surface area (Å²) in [6.07, 6.45) is 1.33. The summed E-state index contributed by atoms with van der Waals surface area (Å²) in [5.74, 6) is -0.126. The number of ether oxygens (including phenoxy) is 1. The lowest BCUT2D eigenvalue weighted by atomic mass is 9.94. The lowest BCUT2D eigenvalue weighted by Gasteiger charge is -2.27. The van der Waals surface area contributed by atoms with Crippen LogP contribution in [0, 0.1) is 0 Å². The van der Waals surface area contributed by atoms with E-state index >= 15 is 0 Å². The summed E-state index contributed by atoms with van der Waals surface area (Å²) in [7, 11) is 0. The third-order valence-electron chi connectivity index (χ3n) is 3.00. The molecule has 0 aliphatic carbocycles. The topological polar surface area (TPSA) is 38.3 Å². The van der Waals surface area contributed by atoms with Crippen LogP contribution in [-0.4, -0.2) is 17.6 Å². The van der Waals surface area contributed by atoms with E-state index in [0.717, 1.165) is 13.0 Å². The second-order valence-electron chi connectivity index (χ2n) is 5.84. The van der Waals surface area contributed by atoms with Gasteiger partial charge in [-0.3, -0.25) is 4.79 Å². The number of carbonyl (C=O) groups excluding carboxylic acids is 1. The van der Waals surface area contributed by atoms with Crippen molar-refractivity contribution in [3.8, 4) is 0 Å². The van der Waals surface area contributed by atoms with Gasteiger partial charge in [-0.15, -0.1) is 0 Å². The van der Waals surface area contributed by atoms with Crippen molar-refractivity contribution >= 4 is 5.97 Å². The molecule has 1 atom stereocenters. The fraction of sp³-hybridized carbons (Fsp3) is 0.533. The minimum Gasteiger partial charge on any atom is -0.460 e. The zero-order chi connectivity index (χ0) is 13.2. The minimum atomic E-state index is -0.399. The summed E-state index contributed by atoms with van der Waals surface area (Å²) in [4.78, 5) is 11.8. The van der Waals surface area contributed by atoms with Crippen molar-refractivity contribution in [2.24, 2.45) is 0 Å². The van der Waals surface area contributed by atoms with E-state index < -0.39 is 5.60 Å². The Bertz CT molecular complexity index is 434. The average Bonchev–Trinajstić information content (AvgIpc) is 2.26. The number of hydrogen-bond acceptors (Lipinski definition) is 3. The Morgan fingerprint density at radius 2 is 2.00 bits per heavy atom. The molecule has 1 aliphatic heterocycles. The van der Waals surface area contributed by atoms with Gasteiger partial charge in [-0.2, -0.15) is 0 Å². The molecule has 3 heteroatoms. The van der Waals surface area contributed by atoms with E-state index in [4.69, 9.17) is 4.74 Å². The van der Waals surface area contributed by atoms with Crippen LogP contribution in [0.15, 0.2) is 24.3 Å². The standard InChI is InChI=1S/C15H21NO2/c1-15(2,3)18-14(17)9-13-8-11-6-4-5-7-12(11)10-16-13/h4-7,13,16H,8-10H2,1-3H3/t13-/m1/s1. The first-order valence-corrected chi connectivity index (χ1v) is 6.46. The molecule has 0 saturated carbocycles. The highest BCUT2D eigenvalue weighted by molar-refractivity contribution is 5.70. The van der Waals surface area contributed by atoms with E-state index in [2.05, 4.69) is 29.6 Å². The minimum absolute atomic E-state index is 0.126. The van der Waals surface area contributed by atoms with Crippen molar-refractivity contribution in [2.75, 3.05) is 0 Å². The Kier molecular flexibility index (Phi) is 3.71. The van der Waals surface area contributed by atoms with Gasteiger partial charge in [0.15, 0.2) is 0 Å². The second-order valence-corrected chi connectivity index (χ2v) is 5.84. The quantitative estimate of drug-likeness (QED) is 0.816. The van der Waals surface area contributed by atoms with Crippen molar-refractivity contribution < 1.29 is 9.53 Å². The molecular weight excluding hydrogens is 226 g/mol. The van der Waals surface area contributed by atoms with Gasteiger partial charge in [-0.05, 0) is 38.3 Å². The van der Waals surface area contributed by atoms with E-state index in [1.54, 1.807) is 0 Å². The molecule has 2 rings (SSSR count). The lowest BCUT2D eigenvalue weighted by Crippen LogP contribution is -2.38. The average molecular weight is 247 g/mol. The van der Waals surface area contributed by atoms with Gasteiger partial charge in [0.25, 0.3) is 0 Å². The van der Waals surface area contributed by atoms with E-state index in [1.165, 1.54) is 11.1 Å². The maximum atomic E-state index is 11.8. The molecule has 1 aromatic carbocycles. The van der Waals surface area contributed by atoms with Crippen molar-refractivity contribution in [3.63, 3.8) is 0 Å². The molecule has 0 amide bonds. The number of rotatable bonds is 2. The van der Waals surface area contributed by atoms with Crippen LogP contribution < -0.4 is 5.32 Å². The van der Waals surface area contributed by atoms with Crippen LogP contribution >= 0.6 is 0 Å². The van der Waals surface area contributed by atoms with Crippen LogP contribution in [0.4, 0.5) is 0 Å². The summed E-state index contributed by atoms with van der Waals surface area (Å²) >= 11 is 0. The van der Waals surface area contributed by atoms with Gasteiger partial charge in [0.2, 0.25) is 0 Å². The number of nitrogens with one attached hydrogen (secondary N) is 1. The molecule has 98 valence electrons. The fourth-order valence-electron chi connectivity index (χ4n) is 2.25. The zero-order valence-electron chi connectivity index (χ0n) is 11.3. The smallest absolute Gasteiger partial charge is 0.307 e. The van der Waals surface area contributed by atoms with Crippen molar-refractivity contribution in [3.05, 3.63) is 35.4 Å². The summed E-state index contributed by atoms with van der Waals surface area (Å²) in [5.41, 5.74) is 2.27. The van der Waals surface area contributed by atoms with Gasteiger partial charge in [0, 0.05) is 12.6 Å². The molecule has 1 heterocycles. The first kappa shape index (κ1) is 13.1. The molecular formula is C15H21NO2. The largest absolute Gasteiger partial charge is 0.460 e. The first-order chi connectivity index (χ1) is 8.44. The van der Waals surface area contributed by atoms with Crippen LogP contribution in [0.1, 0.15) is 38.3 Å². The van der Waals surface area contributed by atoms with Gasteiger partial charge in [0.1, 0.15) is 5.60 Å². The molecule has 0 spiro atoms. The first-order valence-electron chi connectivity index (χ1n) is 6.46. The predicted octanol–water partition coefficient (Wildman–Crippen LogP) is 2.43. The summed E-state index contributed by atoms with van der Waals surface area (Å²) in [6.45, 7) is 6.53. The number of carbonyl (C=O) groups is 1. The number of benzene rings is 1. The Balaban J connectivity index is 1.92. The van der Waals surface area contributed by atoms with E-state index in [9.17, 15) is 4.79 Å². The molecule has 18 heavy (non-hydrogen) atoms. The zero-order valence-corrected chi connectivity index (χ0v) is 11.3. The van der Waals surface area contributed by atoms with Crippen molar-refractivity contribution in [1.82, 2.24) is 5.32 Å². The van der Waals surface area contributed by atoms with Gasteiger partial charge >= 0.3 is 5.97 Å². The molecule has 0 radical (unpaired) electrons. The van der Waals surface area contributed by atoms with Crippen molar-refractivity contribution in [2.45, 2.75) is 51.8 Å². The Hall–Kier alpha value is -1.35. The highest BCUT2D eigenvalue weighted by Gasteiger charge is 2.23. The van der Waals surface area contributed by atoms with Gasteiger partial charge < -0.3 is 10.1 Å². The summed E-state index contributed by atoms with van der Waals surface area (Å²) in [6, 6.07) is 8.56. The number of hydrogen-bond donors (Lipinski definition) is 1. The van der Waals surface area contributed by atoms with E-state index in [1.807, 2.05) is 20.8 Å². The molecule has 0 aromatic heterocycles. The van der Waals surface area contributed by atoms with Gasteiger partial charge in [-0.25, -0.2) is 0 Å². The third kappa shape index (κ3) is 3.57. The maximum Gasteiger partial charge on any atom is 0.307 e. The molecule has 1 aromatic rings. The van der Waals surface area contributed by atoms with Crippen LogP contribution in [0.25, 0.3) is 0 Å². The normalized spacial score (nSPS) is 19.2. The van der Waals surface area contributed by atoms with Crippen LogP contribution in [-0.2, 0) is 22.5 Å². The highest BCUT2D eigenvalue weighted by atomic mass is 16.6. The van der Waals surface area contributed by atoms with Gasteiger partial charge in [0.05, 0.1) is 6.42 Å². The number of esters is 1. The van der Waals surface area contributed by atoms with Gasteiger partial charge in [-0.1, -0.05) is 24.3 Å². The molecule has 3 nitrogen and oxygen atoms in total. The highest BCUT2D eigenvalue weighted by Crippen LogP contribution is 2.19. The fourth-order valence-corrected chi connectivity index (χ4v) is 2.25. The molecule has 0 fully saturated rings. The lowest BCUT2D eigenvalue weighted by molar-refractivity contribution is -0.155. The van der Waals surface area contributed by atoms with Crippen LogP contribution in [0.3, 0.4) is 0 Å². The second kappa shape index (κ2) is 5.11. The van der Waals surface area contributed by atoms with Crippen LogP contribution in [0.2, 0.25) is 0 Å². The summed E-state index contributed by atoms with van der Waals surface area (Å²) in [5, 5.41) is 3.39. The van der Waals surface area contributed by atoms with E-state index in [-0.39, 0.29) is 12.0 Å². The molecule has 0 saturated heterocycles.